The molecule has 0 saturated carbocycles. The summed E-state index contributed by atoms with van der Waals surface area (Å²) in [6.07, 6.45) is 1.15. The Hall–Kier alpha value is -0.513. The van der Waals surface area contributed by atoms with Gasteiger partial charge in [0.1, 0.15) is 6.04 Å². The van der Waals surface area contributed by atoms with Crippen molar-refractivity contribution in [3.63, 3.8) is 0 Å². The highest BCUT2D eigenvalue weighted by Gasteiger charge is 2.61. The van der Waals surface area contributed by atoms with Crippen molar-refractivity contribution >= 4 is 14.8 Å². The molecule has 0 radical (unpaired) electrons. The lowest BCUT2D eigenvalue weighted by molar-refractivity contribution is -0.137. The van der Waals surface area contributed by atoms with Gasteiger partial charge in [-0.2, -0.15) is 0 Å². The van der Waals surface area contributed by atoms with Crippen molar-refractivity contribution in [1.29, 1.82) is 0 Å². The molecule has 3 atom stereocenters. The molecule has 0 aromatic carbocycles. The highest BCUT2D eigenvalue weighted by atomic mass is 28.4. The standard InChI is InChI=1S/C12H26N2O5Si/c1-5-9(12(2)10(14-12)11(15)16)19-20(17-3,18-4)8-6-7-13/h9-10,14H,5-8,13H2,1-4H3,(H,15,16). The Morgan fingerprint density at radius 2 is 2.10 bits per heavy atom. The molecule has 0 aromatic heterocycles. The van der Waals surface area contributed by atoms with Gasteiger partial charge in [0.05, 0.1) is 11.6 Å². The molecule has 1 saturated heterocycles. The molecule has 0 spiro atoms. The topological polar surface area (TPSA) is 113 Å². The van der Waals surface area contributed by atoms with Crippen LogP contribution in [0.4, 0.5) is 0 Å². The average molecular weight is 306 g/mol. The Kier molecular flexibility index (Phi) is 6.11. The molecule has 4 N–H and O–H groups in total. The van der Waals surface area contributed by atoms with Crippen LogP contribution in [0.2, 0.25) is 6.04 Å². The van der Waals surface area contributed by atoms with Gasteiger partial charge in [0.2, 0.25) is 0 Å². The Balaban J connectivity index is 2.77. The minimum Gasteiger partial charge on any atom is -0.480 e. The third kappa shape index (κ3) is 3.57. The number of nitrogens with two attached hydrogens (primary N) is 1. The molecule has 0 aliphatic carbocycles. The lowest BCUT2D eigenvalue weighted by Crippen LogP contribution is -2.51. The van der Waals surface area contributed by atoms with Gasteiger partial charge in [0.25, 0.3) is 0 Å². The normalized spacial score (nSPS) is 27.4. The largest absolute Gasteiger partial charge is 0.500 e. The second-order valence-corrected chi connectivity index (χ2v) is 8.11. The quantitative estimate of drug-likeness (QED) is 0.389. The molecule has 20 heavy (non-hydrogen) atoms. The number of nitrogens with one attached hydrogen (secondary N) is 1. The molecule has 0 bridgehead atoms. The molecule has 0 aromatic rings. The fourth-order valence-corrected chi connectivity index (χ4v) is 4.84. The van der Waals surface area contributed by atoms with E-state index in [0.29, 0.717) is 19.0 Å². The number of hydrogen-bond donors (Lipinski definition) is 3. The molecule has 7 nitrogen and oxygen atoms in total. The van der Waals surface area contributed by atoms with Crippen molar-refractivity contribution < 1.29 is 23.2 Å². The zero-order valence-electron chi connectivity index (χ0n) is 12.6. The van der Waals surface area contributed by atoms with Gasteiger partial charge in [-0.1, -0.05) is 6.92 Å². The Bertz CT molecular complexity index is 340. The maximum absolute atomic E-state index is 11.1. The van der Waals surface area contributed by atoms with Crippen molar-refractivity contribution in [3.8, 4) is 0 Å². The average Bonchev–Trinajstić information content (AvgIpc) is 3.13. The van der Waals surface area contributed by atoms with Gasteiger partial charge in [0, 0.05) is 20.3 Å². The molecule has 1 rings (SSSR count). The first kappa shape index (κ1) is 17.5. The highest BCUT2D eigenvalue weighted by Crippen LogP contribution is 2.36. The lowest BCUT2D eigenvalue weighted by Gasteiger charge is -2.33. The van der Waals surface area contributed by atoms with Crippen molar-refractivity contribution in [2.45, 2.75) is 50.4 Å². The van der Waals surface area contributed by atoms with Crippen molar-refractivity contribution in [2.75, 3.05) is 20.8 Å². The van der Waals surface area contributed by atoms with Gasteiger partial charge in [-0.3, -0.25) is 10.1 Å². The molecule has 0 amide bonds. The minimum atomic E-state index is -2.80. The summed E-state index contributed by atoms with van der Waals surface area (Å²) in [7, 11) is 0.336. The third-order valence-electron chi connectivity index (χ3n) is 3.89. The van der Waals surface area contributed by atoms with E-state index in [1.54, 1.807) is 14.2 Å². The van der Waals surface area contributed by atoms with E-state index >= 15 is 0 Å². The SMILES string of the molecule is CCC(O[Si](CCCN)(OC)OC)C1(C)NC1C(=O)O. The summed E-state index contributed by atoms with van der Waals surface area (Å²) < 4.78 is 17.1. The van der Waals surface area contributed by atoms with Gasteiger partial charge >= 0.3 is 14.8 Å². The van der Waals surface area contributed by atoms with Crippen LogP contribution in [-0.2, 0) is 18.1 Å². The van der Waals surface area contributed by atoms with Crippen LogP contribution in [0, 0.1) is 0 Å². The first-order valence-electron chi connectivity index (χ1n) is 6.87. The first-order valence-corrected chi connectivity index (χ1v) is 8.81. The predicted octanol–water partition coefficient (Wildman–Crippen LogP) is 0.177. The predicted molar refractivity (Wildman–Crippen MR) is 76.4 cm³/mol. The molecule has 1 fully saturated rings. The summed E-state index contributed by atoms with van der Waals surface area (Å²) in [5.41, 5.74) is 4.96. The van der Waals surface area contributed by atoms with Gasteiger partial charge in [-0.05, 0) is 26.3 Å². The Labute approximate surface area is 121 Å². The van der Waals surface area contributed by atoms with Gasteiger partial charge in [-0.15, -0.1) is 0 Å². The fraction of sp³-hybridized carbons (Fsp3) is 0.917. The molecular formula is C12H26N2O5Si. The third-order valence-corrected chi connectivity index (χ3v) is 6.74. The van der Waals surface area contributed by atoms with Crippen LogP contribution in [0.15, 0.2) is 0 Å². The first-order chi connectivity index (χ1) is 9.39. The number of aliphatic carboxylic acids is 1. The van der Waals surface area contributed by atoms with Crippen LogP contribution in [0.25, 0.3) is 0 Å². The zero-order chi connectivity index (χ0) is 15.4. The molecule has 118 valence electrons. The maximum Gasteiger partial charge on any atom is 0.500 e. The summed E-state index contributed by atoms with van der Waals surface area (Å²) in [6, 6.07) is 0.0447. The number of hydrogen-bond acceptors (Lipinski definition) is 6. The summed E-state index contributed by atoms with van der Waals surface area (Å²) in [5, 5.41) is 12.1. The monoisotopic (exact) mass is 306 g/mol. The van der Waals surface area contributed by atoms with E-state index in [4.69, 9.17) is 24.1 Å². The fourth-order valence-electron chi connectivity index (χ4n) is 2.47. The molecule has 1 aliphatic heterocycles. The number of carboxylic acids is 1. The van der Waals surface area contributed by atoms with E-state index in [0.717, 1.165) is 6.42 Å². The maximum atomic E-state index is 11.1. The summed E-state index contributed by atoms with van der Waals surface area (Å²) in [5.74, 6) is -0.862. The zero-order valence-corrected chi connectivity index (χ0v) is 13.6. The van der Waals surface area contributed by atoms with E-state index in [1.165, 1.54) is 0 Å². The van der Waals surface area contributed by atoms with Crippen molar-refractivity contribution in [3.05, 3.63) is 0 Å². The van der Waals surface area contributed by atoms with Gasteiger partial charge in [0.15, 0.2) is 0 Å². The van der Waals surface area contributed by atoms with E-state index in [2.05, 4.69) is 5.32 Å². The van der Waals surface area contributed by atoms with E-state index in [9.17, 15) is 4.79 Å². The summed E-state index contributed by atoms with van der Waals surface area (Å²) in [4.78, 5) is 11.1. The minimum absolute atomic E-state index is 0.270. The van der Waals surface area contributed by atoms with Crippen LogP contribution in [0.1, 0.15) is 26.7 Å². The number of carboxylic acid groups (broad SMARTS) is 1. The molecule has 1 heterocycles. The van der Waals surface area contributed by atoms with Gasteiger partial charge in [-0.25, -0.2) is 0 Å². The number of carbonyl (C=O) groups is 1. The van der Waals surface area contributed by atoms with Crippen LogP contribution in [0.3, 0.4) is 0 Å². The summed E-state index contributed by atoms with van der Waals surface area (Å²) >= 11 is 0. The van der Waals surface area contributed by atoms with Crippen LogP contribution < -0.4 is 11.1 Å². The van der Waals surface area contributed by atoms with Crippen molar-refractivity contribution in [1.82, 2.24) is 5.32 Å². The Morgan fingerprint density at radius 3 is 2.45 bits per heavy atom. The lowest BCUT2D eigenvalue weighted by atomic mass is 9.98. The van der Waals surface area contributed by atoms with E-state index < -0.39 is 26.4 Å². The molecular weight excluding hydrogens is 280 g/mol. The van der Waals surface area contributed by atoms with Crippen LogP contribution in [0.5, 0.6) is 0 Å². The number of rotatable bonds is 10. The van der Waals surface area contributed by atoms with E-state index in [-0.39, 0.29) is 6.10 Å². The summed E-state index contributed by atoms with van der Waals surface area (Å²) in [6.45, 7) is 4.35. The van der Waals surface area contributed by atoms with Crippen molar-refractivity contribution in [2.24, 2.45) is 5.73 Å². The molecule has 3 unspecified atom stereocenters. The molecule has 1 aliphatic rings. The second kappa shape index (κ2) is 6.97. The Morgan fingerprint density at radius 1 is 1.50 bits per heavy atom. The smallest absolute Gasteiger partial charge is 0.480 e. The van der Waals surface area contributed by atoms with Crippen LogP contribution in [-0.4, -0.2) is 58.3 Å². The van der Waals surface area contributed by atoms with Gasteiger partial charge < -0.3 is 24.1 Å². The van der Waals surface area contributed by atoms with Crippen LogP contribution >= 0.6 is 0 Å². The van der Waals surface area contributed by atoms with E-state index in [1.807, 2.05) is 13.8 Å². The molecule has 8 heteroatoms. The second-order valence-electron chi connectivity index (χ2n) is 5.20. The highest BCUT2D eigenvalue weighted by molar-refractivity contribution is 6.60.